The molecule has 1 aliphatic rings. The molecule has 1 fully saturated rings. The summed E-state index contributed by atoms with van der Waals surface area (Å²) in [5, 5.41) is 8.60. The quantitative estimate of drug-likeness (QED) is 0.544. The van der Waals surface area contributed by atoms with E-state index in [1.807, 2.05) is 4.90 Å². The van der Waals surface area contributed by atoms with E-state index in [1.165, 1.54) is 0 Å². The fourth-order valence-corrected chi connectivity index (χ4v) is 1.26. The molecule has 1 N–H and O–H groups in total. The summed E-state index contributed by atoms with van der Waals surface area (Å²) >= 11 is 0. The van der Waals surface area contributed by atoms with Gasteiger partial charge < -0.3 is 10.0 Å². The van der Waals surface area contributed by atoms with Gasteiger partial charge in [-0.1, -0.05) is 0 Å². The van der Waals surface area contributed by atoms with Gasteiger partial charge in [0.05, 0.1) is 5.92 Å². The summed E-state index contributed by atoms with van der Waals surface area (Å²) in [5.74, 6) is -0.875. The standard InChI is InChI=1S/C7H12NO2/c1-8-4-2-3-6(5-8)7(9)10/h6H,1-5H2,(H,9,10)/q-1/t6-/m1/s1. The SMILES string of the molecule is [CH2-]N1CCC[C@@H](C(=O)O)C1. The van der Waals surface area contributed by atoms with E-state index in [0.29, 0.717) is 6.54 Å². The molecular formula is C7H12NO2-. The van der Waals surface area contributed by atoms with Crippen molar-refractivity contribution in [1.82, 2.24) is 4.90 Å². The Morgan fingerprint density at radius 3 is 2.80 bits per heavy atom. The molecule has 1 atom stereocenters. The van der Waals surface area contributed by atoms with E-state index in [9.17, 15) is 4.79 Å². The molecule has 0 radical (unpaired) electrons. The topological polar surface area (TPSA) is 40.5 Å². The molecule has 0 unspecified atom stereocenters. The van der Waals surface area contributed by atoms with Crippen LogP contribution < -0.4 is 0 Å². The Bertz CT molecular complexity index is 136. The van der Waals surface area contributed by atoms with Crippen molar-refractivity contribution >= 4 is 5.97 Å². The number of likely N-dealkylation sites (tertiary alicyclic amines) is 1. The van der Waals surface area contributed by atoms with Gasteiger partial charge in [-0.15, -0.1) is 0 Å². The average molecular weight is 142 g/mol. The summed E-state index contributed by atoms with van der Waals surface area (Å²) in [7, 11) is 3.70. The Morgan fingerprint density at radius 2 is 2.40 bits per heavy atom. The molecule has 1 rings (SSSR count). The molecule has 0 spiro atoms. The summed E-state index contributed by atoms with van der Waals surface area (Å²) in [5.41, 5.74) is 0. The molecule has 1 aliphatic heterocycles. The fraction of sp³-hybridized carbons (Fsp3) is 0.714. The minimum absolute atomic E-state index is 0.189. The summed E-state index contributed by atoms with van der Waals surface area (Å²) < 4.78 is 0. The molecule has 3 nitrogen and oxygen atoms in total. The number of piperidine rings is 1. The Morgan fingerprint density at radius 1 is 1.70 bits per heavy atom. The molecule has 0 amide bonds. The highest BCUT2D eigenvalue weighted by Crippen LogP contribution is 2.14. The number of aliphatic carboxylic acids is 1. The normalized spacial score (nSPS) is 28.3. The van der Waals surface area contributed by atoms with Gasteiger partial charge in [0.25, 0.3) is 0 Å². The molecule has 0 aromatic heterocycles. The van der Waals surface area contributed by atoms with Gasteiger partial charge in [0, 0.05) is 0 Å². The van der Waals surface area contributed by atoms with E-state index in [4.69, 9.17) is 5.11 Å². The average Bonchev–Trinajstić information content (AvgIpc) is 1.88. The zero-order valence-electron chi connectivity index (χ0n) is 5.92. The van der Waals surface area contributed by atoms with Crippen LogP contribution in [0.25, 0.3) is 0 Å². The van der Waals surface area contributed by atoms with Gasteiger partial charge in [0.1, 0.15) is 0 Å². The smallest absolute Gasteiger partial charge is 0.307 e. The number of carboxylic acid groups (broad SMARTS) is 1. The van der Waals surface area contributed by atoms with Crippen molar-refractivity contribution in [2.75, 3.05) is 13.1 Å². The van der Waals surface area contributed by atoms with Crippen molar-refractivity contribution < 1.29 is 9.90 Å². The van der Waals surface area contributed by atoms with Crippen LogP contribution in [0.4, 0.5) is 0 Å². The van der Waals surface area contributed by atoms with Gasteiger partial charge in [-0.2, -0.15) is 0 Å². The van der Waals surface area contributed by atoms with Crippen LogP contribution in [0.3, 0.4) is 0 Å². The van der Waals surface area contributed by atoms with Crippen LogP contribution in [-0.4, -0.2) is 29.1 Å². The van der Waals surface area contributed by atoms with Gasteiger partial charge in [0.15, 0.2) is 0 Å². The lowest BCUT2D eigenvalue weighted by atomic mass is 9.99. The number of hydrogen-bond donors (Lipinski definition) is 1. The van der Waals surface area contributed by atoms with Gasteiger partial charge in [-0.25, -0.2) is 0 Å². The van der Waals surface area contributed by atoms with Gasteiger partial charge in [0.2, 0.25) is 0 Å². The number of rotatable bonds is 1. The van der Waals surface area contributed by atoms with E-state index in [-0.39, 0.29) is 5.92 Å². The van der Waals surface area contributed by atoms with Crippen molar-refractivity contribution in [2.24, 2.45) is 5.92 Å². The lowest BCUT2D eigenvalue weighted by Gasteiger charge is -2.33. The molecule has 1 saturated heterocycles. The van der Waals surface area contributed by atoms with Gasteiger partial charge in [-0.3, -0.25) is 11.8 Å². The molecule has 10 heavy (non-hydrogen) atoms. The van der Waals surface area contributed by atoms with Crippen molar-refractivity contribution in [3.63, 3.8) is 0 Å². The molecule has 58 valence electrons. The van der Waals surface area contributed by atoms with E-state index in [2.05, 4.69) is 7.05 Å². The molecule has 0 aromatic carbocycles. The minimum Gasteiger partial charge on any atom is -0.481 e. The van der Waals surface area contributed by atoms with E-state index in [1.54, 1.807) is 0 Å². The highest BCUT2D eigenvalue weighted by Gasteiger charge is 2.20. The predicted octanol–water partition coefficient (Wildman–Crippen LogP) is 0.575. The molecular weight excluding hydrogens is 130 g/mol. The Kier molecular flexibility index (Phi) is 2.27. The second-order valence-corrected chi connectivity index (χ2v) is 2.75. The van der Waals surface area contributed by atoms with Crippen LogP contribution in [0, 0.1) is 13.0 Å². The van der Waals surface area contributed by atoms with Crippen molar-refractivity contribution in [2.45, 2.75) is 12.8 Å². The Labute approximate surface area is 60.6 Å². The number of carboxylic acids is 1. The highest BCUT2D eigenvalue weighted by molar-refractivity contribution is 5.70. The number of carbonyl (C=O) groups is 1. The third-order valence-corrected chi connectivity index (χ3v) is 1.85. The van der Waals surface area contributed by atoms with Crippen LogP contribution >= 0.6 is 0 Å². The zero-order chi connectivity index (χ0) is 7.56. The molecule has 0 aromatic rings. The summed E-state index contributed by atoms with van der Waals surface area (Å²) in [6, 6.07) is 0. The zero-order valence-corrected chi connectivity index (χ0v) is 5.92. The van der Waals surface area contributed by atoms with Crippen LogP contribution in [0.5, 0.6) is 0 Å². The molecule has 1 heterocycles. The number of nitrogens with zero attached hydrogens (tertiary/aromatic N) is 1. The molecule has 0 bridgehead atoms. The first-order valence-corrected chi connectivity index (χ1v) is 3.48. The van der Waals surface area contributed by atoms with Crippen molar-refractivity contribution in [3.05, 3.63) is 7.05 Å². The monoisotopic (exact) mass is 142 g/mol. The van der Waals surface area contributed by atoms with Crippen molar-refractivity contribution in [3.8, 4) is 0 Å². The van der Waals surface area contributed by atoms with E-state index in [0.717, 1.165) is 19.4 Å². The maximum atomic E-state index is 10.4. The first-order chi connectivity index (χ1) is 4.70. The Hall–Kier alpha value is -0.570. The minimum atomic E-state index is -0.687. The predicted molar refractivity (Wildman–Crippen MR) is 37.3 cm³/mol. The first-order valence-electron chi connectivity index (χ1n) is 3.48. The molecule has 3 heteroatoms. The van der Waals surface area contributed by atoms with Crippen molar-refractivity contribution in [1.29, 1.82) is 0 Å². The van der Waals surface area contributed by atoms with Crippen LogP contribution in [0.2, 0.25) is 0 Å². The third-order valence-electron chi connectivity index (χ3n) is 1.85. The van der Waals surface area contributed by atoms with E-state index < -0.39 is 5.97 Å². The fourth-order valence-electron chi connectivity index (χ4n) is 1.26. The molecule has 0 saturated carbocycles. The van der Waals surface area contributed by atoms with Gasteiger partial charge >= 0.3 is 5.97 Å². The summed E-state index contributed by atoms with van der Waals surface area (Å²) in [6.45, 7) is 1.54. The van der Waals surface area contributed by atoms with Crippen LogP contribution in [0.1, 0.15) is 12.8 Å². The second-order valence-electron chi connectivity index (χ2n) is 2.75. The third kappa shape index (κ3) is 1.70. The summed E-state index contributed by atoms with van der Waals surface area (Å²) in [4.78, 5) is 12.3. The lowest BCUT2D eigenvalue weighted by molar-refractivity contribution is -0.143. The highest BCUT2D eigenvalue weighted by atomic mass is 16.4. The maximum absolute atomic E-state index is 10.4. The Balaban J connectivity index is 2.39. The largest absolute Gasteiger partial charge is 0.481 e. The van der Waals surface area contributed by atoms with Gasteiger partial charge in [-0.05, 0) is 25.9 Å². The lowest BCUT2D eigenvalue weighted by Crippen LogP contribution is -2.34. The maximum Gasteiger partial charge on any atom is 0.307 e. The molecule has 0 aliphatic carbocycles. The summed E-state index contributed by atoms with van der Waals surface area (Å²) in [6.07, 6.45) is 1.77. The van der Waals surface area contributed by atoms with E-state index >= 15 is 0 Å². The number of hydrogen-bond acceptors (Lipinski definition) is 2. The first kappa shape index (κ1) is 7.54. The second kappa shape index (κ2) is 3.01. The van der Waals surface area contributed by atoms with Crippen LogP contribution in [-0.2, 0) is 4.79 Å². The van der Waals surface area contributed by atoms with Crippen LogP contribution in [0.15, 0.2) is 0 Å².